The number of aryl methyl sites for hydroxylation is 1. The van der Waals surface area contributed by atoms with Gasteiger partial charge in [0.05, 0.1) is 0 Å². The molecule has 2 fully saturated rings. The van der Waals surface area contributed by atoms with Gasteiger partial charge in [-0.1, -0.05) is 0 Å². The molecule has 0 unspecified atom stereocenters. The van der Waals surface area contributed by atoms with Crippen molar-refractivity contribution in [2.75, 3.05) is 0 Å². The number of benzene rings is 2. The van der Waals surface area contributed by atoms with Crippen molar-refractivity contribution in [2.45, 2.75) is 96.8 Å². The molecule has 0 nitrogen and oxygen atoms in total. The summed E-state index contributed by atoms with van der Waals surface area (Å²) in [7, 11) is 0. The van der Waals surface area contributed by atoms with Crippen molar-refractivity contribution in [3.05, 3.63) is 92.3 Å². The van der Waals surface area contributed by atoms with Gasteiger partial charge in [-0.15, -0.1) is 0 Å². The fourth-order valence-electron chi connectivity index (χ4n) is 6.91. The fraction of sp³-hybridized carbons (Fsp3) is 0.459. The molecule has 0 radical (unpaired) electrons. The molecule has 0 bridgehead atoms. The van der Waals surface area contributed by atoms with E-state index in [-0.39, 0.29) is 40.8 Å². The molecule has 6 heteroatoms. The van der Waals surface area contributed by atoms with E-state index < -0.39 is 23.3 Å². The maximum atomic E-state index is 14.6. The van der Waals surface area contributed by atoms with E-state index in [9.17, 15) is 17.6 Å². The van der Waals surface area contributed by atoms with Gasteiger partial charge in [0, 0.05) is 0 Å². The Morgan fingerprint density at radius 3 is 1.47 bits per heavy atom. The summed E-state index contributed by atoms with van der Waals surface area (Å²) in [6.45, 7) is 6.47. The molecule has 0 amide bonds. The summed E-state index contributed by atoms with van der Waals surface area (Å²) in [5.41, 5.74) is 2.08. The van der Waals surface area contributed by atoms with E-state index in [0.29, 0.717) is 22.3 Å². The number of hydrogen-bond acceptors (Lipinski definition) is 0. The monoisotopic (exact) mass is 722 g/mol. The van der Waals surface area contributed by atoms with Crippen molar-refractivity contribution in [3.63, 3.8) is 0 Å². The number of halogens is 4. The van der Waals surface area contributed by atoms with Gasteiger partial charge in [0.15, 0.2) is 0 Å². The summed E-state index contributed by atoms with van der Waals surface area (Å²) in [4.78, 5) is 2.03. The first-order chi connectivity index (χ1) is 20.8. The third-order valence-electron chi connectivity index (χ3n) is 9.74. The zero-order valence-electron chi connectivity index (χ0n) is 25.4. The molecule has 2 aliphatic carbocycles. The number of rotatable bonds is 6. The minimum atomic E-state index is -0.651. The van der Waals surface area contributed by atoms with Crippen LogP contribution in [0.2, 0.25) is 0 Å². The van der Waals surface area contributed by atoms with Crippen LogP contribution in [0.4, 0.5) is 17.6 Å². The Kier molecular flexibility index (Phi) is 11.3. The Hall–Kier alpha value is -1.84. The summed E-state index contributed by atoms with van der Waals surface area (Å²) in [6.07, 6.45) is 10.9. The zero-order chi connectivity index (χ0) is 30.5. The Morgan fingerprint density at radius 2 is 1.07 bits per heavy atom. The van der Waals surface area contributed by atoms with Gasteiger partial charge in [0.2, 0.25) is 0 Å². The second kappa shape index (κ2) is 15.0. The first kappa shape index (κ1) is 32.5. The molecule has 6 rings (SSSR count). The third kappa shape index (κ3) is 7.52. The molecule has 4 aromatic rings. The summed E-state index contributed by atoms with van der Waals surface area (Å²) >= 11 is 0.266. The predicted octanol–water partition coefficient (Wildman–Crippen LogP) is 11.1. The molecule has 2 heterocycles. The van der Waals surface area contributed by atoms with Gasteiger partial charge in [0.25, 0.3) is 0 Å². The van der Waals surface area contributed by atoms with Gasteiger partial charge in [-0.25, -0.2) is 0 Å². The second-order valence-electron chi connectivity index (χ2n) is 12.3. The van der Waals surface area contributed by atoms with Crippen LogP contribution in [0.5, 0.6) is 0 Å². The van der Waals surface area contributed by atoms with Crippen molar-refractivity contribution in [2.24, 2.45) is 11.8 Å². The number of hydrogen-bond donors (Lipinski definition) is 0. The topological polar surface area (TPSA) is 0 Å². The Labute approximate surface area is 266 Å². The molecule has 0 N–H and O–H groups in total. The Balaban J connectivity index is 0.000000171. The minimum absolute atomic E-state index is 0.133. The standard InChI is InChI=1S/C19H22F2Se.C18H20F2Se/c1-3-13-5-7-14(8-6-13)15-9-10-16(19(21)18(15)20)17-11-4-12(2)22-17;1-2-12-5-7-13(8-6-12)14-9-10-15(18(20)17(14)19)16-4-3-11-21-16/h4,9-11,13-14H,3,5-8H2,1-2H3;3-4,9-13H,2,5-8H2,1H3. The first-order valence-corrected chi connectivity index (χ1v) is 19.4. The normalized spacial score (nSPS) is 22.2. The SMILES string of the molecule is CCC1CCC(c2ccc(-c3ccc(C)[se]3)c(F)c2F)CC1.CCC1CCC(c2ccc(-c3ccc[se]3)c(F)c2F)CC1. The summed E-state index contributed by atoms with van der Waals surface area (Å²) in [5, 5.41) is 0. The molecule has 230 valence electrons. The molecule has 2 aromatic heterocycles. The van der Waals surface area contributed by atoms with Crippen LogP contribution in [-0.2, 0) is 0 Å². The molecule has 2 aliphatic rings. The van der Waals surface area contributed by atoms with Crippen LogP contribution in [0.25, 0.3) is 20.0 Å². The van der Waals surface area contributed by atoms with Crippen LogP contribution in [0, 0.1) is 42.0 Å². The molecule has 2 aromatic carbocycles. The van der Waals surface area contributed by atoms with Gasteiger partial charge < -0.3 is 0 Å². The van der Waals surface area contributed by atoms with Crippen molar-refractivity contribution in [1.82, 2.24) is 0 Å². The van der Waals surface area contributed by atoms with E-state index in [1.54, 1.807) is 12.1 Å². The van der Waals surface area contributed by atoms with Crippen LogP contribution >= 0.6 is 0 Å². The van der Waals surface area contributed by atoms with Gasteiger partial charge in [-0.2, -0.15) is 0 Å². The van der Waals surface area contributed by atoms with Crippen LogP contribution in [0.15, 0.2) is 53.5 Å². The van der Waals surface area contributed by atoms with Crippen LogP contribution in [0.3, 0.4) is 0 Å². The van der Waals surface area contributed by atoms with E-state index in [0.717, 1.165) is 72.1 Å². The molecule has 0 atom stereocenters. The van der Waals surface area contributed by atoms with Crippen LogP contribution in [-0.4, -0.2) is 29.0 Å². The van der Waals surface area contributed by atoms with Crippen molar-refractivity contribution < 1.29 is 17.6 Å². The first-order valence-electron chi connectivity index (χ1n) is 15.9. The van der Waals surface area contributed by atoms with E-state index >= 15 is 0 Å². The van der Waals surface area contributed by atoms with Crippen LogP contribution in [0.1, 0.15) is 105 Å². The summed E-state index contributed by atoms with van der Waals surface area (Å²) < 4.78 is 61.0. The Bertz CT molecular complexity index is 1470. The molecular weight excluding hydrogens is 678 g/mol. The van der Waals surface area contributed by atoms with Gasteiger partial charge in [-0.3, -0.25) is 0 Å². The molecule has 0 spiro atoms. The third-order valence-corrected chi connectivity index (χ3v) is 13.8. The average Bonchev–Trinajstić information content (AvgIpc) is 3.73. The maximum absolute atomic E-state index is 14.6. The average molecular weight is 721 g/mol. The van der Waals surface area contributed by atoms with Crippen molar-refractivity contribution in [3.8, 4) is 20.0 Å². The van der Waals surface area contributed by atoms with E-state index in [2.05, 4.69) is 13.8 Å². The van der Waals surface area contributed by atoms with Gasteiger partial charge >= 0.3 is 268 Å². The molecule has 0 saturated heterocycles. The van der Waals surface area contributed by atoms with E-state index in [1.807, 2.05) is 48.3 Å². The molecule has 2 saturated carbocycles. The van der Waals surface area contributed by atoms with Crippen molar-refractivity contribution >= 4 is 29.0 Å². The van der Waals surface area contributed by atoms with Crippen molar-refractivity contribution in [1.29, 1.82) is 0 Å². The summed E-state index contributed by atoms with van der Waals surface area (Å²) in [5.74, 6) is -0.607. The predicted molar refractivity (Wildman–Crippen MR) is 172 cm³/mol. The molecule has 43 heavy (non-hydrogen) atoms. The summed E-state index contributed by atoms with van der Waals surface area (Å²) in [6, 6.07) is 15.0. The fourth-order valence-corrected chi connectivity index (χ4v) is 10.3. The second-order valence-corrected chi connectivity index (χ2v) is 17.0. The zero-order valence-corrected chi connectivity index (χ0v) is 28.8. The van der Waals surface area contributed by atoms with Crippen LogP contribution < -0.4 is 0 Å². The van der Waals surface area contributed by atoms with E-state index in [4.69, 9.17) is 0 Å². The van der Waals surface area contributed by atoms with E-state index in [1.165, 1.54) is 17.3 Å². The quantitative estimate of drug-likeness (QED) is 0.137. The van der Waals surface area contributed by atoms with Gasteiger partial charge in [-0.05, 0) is 0 Å². The Morgan fingerprint density at radius 1 is 0.581 bits per heavy atom. The molecule has 0 aliphatic heterocycles. The molecular formula is C37H42F4Se2. The van der Waals surface area contributed by atoms with Gasteiger partial charge in [0.1, 0.15) is 0 Å².